The summed E-state index contributed by atoms with van der Waals surface area (Å²) in [5.41, 5.74) is 5.17. The minimum atomic E-state index is -3.90. The van der Waals surface area contributed by atoms with Gasteiger partial charge in [-0.05, 0) is 24.1 Å². The second kappa shape index (κ2) is 5.58. The molecule has 1 aromatic rings. The summed E-state index contributed by atoms with van der Waals surface area (Å²) in [7, 11) is 1.30. The Labute approximate surface area is 110 Å². The largest absolute Gasteiger partial charge is 0.492 e. The molecule has 18 heavy (non-hydrogen) atoms. The van der Waals surface area contributed by atoms with Crippen LogP contribution in [0.25, 0.3) is 0 Å². The first-order chi connectivity index (χ1) is 8.21. The summed E-state index contributed by atoms with van der Waals surface area (Å²) in [6.07, 6.45) is 0. The van der Waals surface area contributed by atoms with Gasteiger partial charge >= 0.3 is 0 Å². The number of halogens is 1. The molecule has 1 amide bonds. The average molecular weight is 292 g/mol. The summed E-state index contributed by atoms with van der Waals surface area (Å²) in [4.78, 5) is 11.1. The van der Waals surface area contributed by atoms with Gasteiger partial charge in [0.15, 0.2) is 0 Å². The molecule has 2 N–H and O–H groups in total. The van der Waals surface area contributed by atoms with E-state index in [-0.39, 0.29) is 22.1 Å². The molecule has 0 radical (unpaired) electrons. The van der Waals surface area contributed by atoms with Gasteiger partial charge in [0.05, 0.1) is 17.1 Å². The van der Waals surface area contributed by atoms with E-state index in [1.165, 1.54) is 12.1 Å². The Kier molecular flexibility index (Phi) is 4.59. The molecular formula is C11H14ClNO4S. The molecule has 0 aliphatic carbocycles. The lowest BCUT2D eigenvalue weighted by atomic mass is 10.2. The van der Waals surface area contributed by atoms with Crippen LogP contribution in [0.2, 0.25) is 0 Å². The van der Waals surface area contributed by atoms with E-state index in [2.05, 4.69) is 0 Å². The van der Waals surface area contributed by atoms with Gasteiger partial charge in [-0.2, -0.15) is 0 Å². The summed E-state index contributed by atoms with van der Waals surface area (Å²) in [5, 5.41) is 0. The Bertz CT molecular complexity index is 554. The third kappa shape index (κ3) is 3.89. The zero-order chi connectivity index (χ0) is 13.9. The highest BCUT2D eigenvalue weighted by Gasteiger charge is 2.17. The second-order valence-electron chi connectivity index (χ2n) is 4.16. The predicted octanol–water partition coefficient (Wildman–Crippen LogP) is 1.75. The molecule has 0 fully saturated rings. The monoisotopic (exact) mass is 291 g/mol. The van der Waals surface area contributed by atoms with E-state index >= 15 is 0 Å². The second-order valence-corrected chi connectivity index (χ2v) is 6.73. The van der Waals surface area contributed by atoms with Crippen molar-refractivity contribution in [1.82, 2.24) is 0 Å². The highest BCUT2D eigenvalue weighted by Crippen LogP contribution is 2.24. The lowest BCUT2D eigenvalue weighted by molar-refractivity contribution is 0.0995. The van der Waals surface area contributed by atoms with Crippen LogP contribution in [-0.2, 0) is 9.05 Å². The quantitative estimate of drug-likeness (QED) is 0.837. The number of carbonyl (C=O) groups is 1. The lowest BCUT2D eigenvalue weighted by Crippen LogP contribution is -2.15. The number of ether oxygens (including phenoxy) is 1. The third-order valence-electron chi connectivity index (χ3n) is 2.07. The number of rotatable bonds is 5. The summed E-state index contributed by atoms with van der Waals surface area (Å²) < 4.78 is 27.7. The van der Waals surface area contributed by atoms with Gasteiger partial charge in [0.25, 0.3) is 15.0 Å². The molecule has 0 atom stereocenters. The van der Waals surface area contributed by atoms with Gasteiger partial charge in [0, 0.05) is 10.7 Å². The van der Waals surface area contributed by atoms with Crippen molar-refractivity contribution in [2.24, 2.45) is 11.7 Å². The molecule has 0 saturated carbocycles. The molecule has 0 unspecified atom stereocenters. The first kappa shape index (κ1) is 14.8. The van der Waals surface area contributed by atoms with Crippen molar-refractivity contribution in [2.75, 3.05) is 6.61 Å². The van der Waals surface area contributed by atoms with Crippen molar-refractivity contribution in [3.63, 3.8) is 0 Å². The number of amides is 1. The van der Waals surface area contributed by atoms with Gasteiger partial charge in [-0.3, -0.25) is 4.79 Å². The number of nitrogens with two attached hydrogens (primary N) is 1. The van der Waals surface area contributed by atoms with E-state index in [9.17, 15) is 13.2 Å². The Morgan fingerprint density at radius 1 is 1.44 bits per heavy atom. The van der Waals surface area contributed by atoms with Gasteiger partial charge in [0.1, 0.15) is 5.75 Å². The highest BCUT2D eigenvalue weighted by molar-refractivity contribution is 8.13. The van der Waals surface area contributed by atoms with Crippen molar-refractivity contribution in [2.45, 2.75) is 18.7 Å². The lowest BCUT2D eigenvalue weighted by Gasteiger charge is -2.12. The topological polar surface area (TPSA) is 86.5 Å². The van der Waals surface area contributed by atoms with Crippen LogP contribution in [0.4, 0.5) is 0 Å². The van der Waals surface area contributed by atoms with Crippen molar-refractivity contribution in [3.8, 4) is 5.75 Å². The van der Waals surface area contributed by atoms with Crippen LogP contribution in [0.1, 0.15) is 24.2 Å². The molecule has 0 saturated heterocycles. The Morgan fingerprint density at radius 2 is 2.06 bits per heavy atom. The average Bonchev–Trinajstić information content (AvgIpc) is 2.24. The van der Waals surface area contributed by atoms with Gasteiger partial charge in [-0.1, -0.05) is 13.8 Å². The fraction of sp³-hybridized carbons (Fsp3) is 0.364. The number of hydrogen-bond acceptors (Lipinski definition) is 4. The number of benzene rings is 1. The predicted molar refractivity (Wildman–Crippen MR) is 68.3 cm³/mol. The van der Waals surface area contributed by atoms with Crippen LogP contribution < -0.4 is 10.5 Å². The van der Waals surface area contributed by atoms with Gasteiger partial charge in [-0.25, -0.2) is 8.42 Å². The van der Waals surface area contributed by atoms with Crippen LogP contribution in [0.5, 0.6) is 5.75 Å². The summed E-state index contributed by atoms with van der Waals surface area (Å²) in [6.45, 7) is 4.29. The number of hydrogen-bond donors (Lipinski definition) is 1. The fourth-order valence-corrected chi connectivity index (χ4v) is 2.01. The summed E-state index contributed by atoms with van der Waals surface area (Å²) in [5.74, 6) is -0.252. The molecule has 5 nitrogen and oxygen atoms in total. The molecule has 0 aliphatic rings. The van der Waals surface area contributed by atoms with Crippen LogP contribution >= 0.6 is 10.7 Å². The molecule has 0 heterocycles. The first-order valence-corrected chi connectivity index (χ1v) is 7.54. The van der Waals surface area contributed by atoms with Crippen LogP contribution in [0.15, 0.2) is 23.1 Å². The normalized spacial score (nSPS) is 11.6. The van der Waals surface area contributed by atoms with Crippen molar-refractivity contribution in [3.05, 3.63) is 23.8 Å². The standard InChI is InChI=1S/C11H14ClNO4S/c1-7(2)6-17-10-4-3-8(18(12,15)16)5-9(10)11(13)14/h3-5,7H,6H2,1-2H3,(H2,13,14). The maximum Gasteiger partial charge on any atom is 0.261 e. The molecule has 1 aromatic carbocycles. The molecule has 1 rings (SSSR count). The van der Waals surface area contributed by atoms with Gasteiger partial charge < -0.3 is 10.5 Å². The molecular weight excluding hydrogens is 278 g/mol. The molecule has 0 aliphatic heterocycles. The van der Waals surface area contributed by atoms with E-state index in [0.717, 1.165) is 6.07 Å². The van der Waals surface area contributed by atoms with Crippen molar-refractivity contribution in [1.29, 1.82) is 0 Å². The Balaban J connectivity index is 3.17. The highest BCUT2D eigenvalue weighted by atomic mass is 35.7. The molecule has 0 spiro atoms. The Hall–Kier alpha value is -1.27. The molecule has 100 valence electrons. The molecule has 7 heteroatoms. The maximum atomic E-state index is 11.2. The van der Waals surface area contributed by atoms with Crippen molar-refractivity contribution >= 4 is 25.6 Å². The summed E-state index contributed by atoms with van der Waals surface area (Å²) in [6, 6.07) is 3.75. The zero-order valence-corrected chi connectivity index (χ0v) is 11.6. The van der Waals surface area contributed by atoms with Crippen LogP contribution in [0.3, 0.4) is 0 Å². The molecule has 0 bridgehead atoms. The van der Waals surface area contributed by atoms with Gasteiger partial charge in [0.2, 0.25) is 0 Å². The van der Waals surface area contributed by atoms with Crippen LogP contribution in [-0.4, -0.2) is 20.9 Å². The van der Waals surface area contributed by atoms with E-state index in [4.69, 9.17) is 21.2 Å². The molecule has 0 aromatic heterocycles. The van der Waals surface area contributed by atoms with E-state index in [1.807, 2.05) is 13.8 Å². The fourth-order valence-electron chi connectivity index (χ4n) is 1.24. The smallest absolute Gasteiger partial charge is 0.261 e. The number of primary amides is 1. The van der Waals surface area contributed by atoms with E-state index in [1.54, 1.807) is 0 Å². The maximum absolute atomic E-state index is 11.2. The Morgan fingerprint density at radius 3 is 2.50 bits per heavy atom. The SMILES string of the molecule is CC(C)COc1ccc(S(=O)(=O)Cl)cc1C(N)=O. The minimum absolute atomic E-state index is 0.00243. The zero-order valence-electron chi connectivity index (χ0n) is 10.0. The van der Waals surface area contributed by atoms with Crippen LogP contribution in [0, 0.1) is 5.92 Å². The van der Waals surface area contributed by atoms with E-state index in [0.29, 0.717) is 6.61 Å². The van der Waals surface area contributed by atoms with E-state index < -0.39 is 15.0 Å². The third-order valence-corrected chi connectivity index (χ3v) is 3.42. The number of carbonyl (C=O) groups excluding carboxylic acids is 1. The van der Waals surface area contributed by atoms with Crippen molar-refractivity contribution < 1.29 is 17.9 Å². The summed E-state index contributed by atoms with van der Waals surface area (Å²) >= 11 is 0. The minimum Gasteiger partial charge on any atom is -0.492 e. The van der Waals surface area contributed by atoms with Gasteiger partial charge in [-0.15, -0.1) is 0 Å². The first-order valence-electron chi connectivity index (χ1n) is 5.23.